The Bertz CT molecular complexity index is 1280. The molecule has 0 spiro atoms. The van der Waals surface area contributed by atoms with Crippen molar-refractivity contribution in [3.05, 3.63) is 77.5 Å². The lowest BCUT2D eigenvalue weighted by Crippen LogP contribution is -2.16. The number of aromatic nitrogens is 5. The highest BCUT2D eigenvalue weighted by Gasteiger charge is 2.27. The predicted molar refractivity (Wildman–Crippen MR) is 115 cm³/mol. The summed E-state index contributed by atoms with van der Waals surface area (Å²) >= 11 is 0. The smallest absolute Gasteiger partial charge is 0.247 e. The second-order valence-electron chi connectivity index (χ2n) is 8.49. The number of nitrogens with zero attached hydrogens (tertiary/aromatic N) is 5. The summed E-state index contributed by atoms with van der Waals surface area (Å²) in [5.41, 5.74) is 3.41. The van der Waals surface area contributed by atoms with Crippen molar-refractivity contribution in [2.24, 2.45) is 0 Å². The number of benzene rings is 1. The fourth-order valence-corrected chi connectivity index (χ4v) is 3.98. The van der Waals surface area contributed by atoms with Gasteiger partial charge in [-0.3, -0.25) is 4.98 Å². The van der Waals surface area contributed by atoms with Crippen molar-refractivity contribution >= 4 is 0 Å². The fraction of sp³-hybridized carbons (Fsp3) is 0.292. The normalized spacial score (nSPS) is 16.1. The molecule has 1 aromatic carbocycles. The monoisotopic (exact) mass is 431 g/mol. The van der Waals surface area contributed by atoms with Crippen LogP contribution in [0.25, 0.3) is 22.8 Å². The standard InChI is InChI=1S/C24H22FN5O2/c1-24(2,31)21-13-32-23(28-21)20-12-26-11-19(27-20)16-8-5-6-14-10-18(29-30-22(14)16)15-7-3-4-9-17(15)25/h3-4,7,9-13,16,31H,5-6,8H2,1-2H3. The first-order chi connectivity index (χ1) is 15.4. The second-order valence-corrected chi connectivity index (χ2v) is 8.49. The van der Waals surface area contributed by atoms with Crippen LogP contribution in [0, 0.1) is 5.82 Å². The Labute approximate surface area is 184 Å². The summed E-state index contributed by atoms with van der Waals surface area (Å²) in [5.74, 6) is -0.0883. The van der Waals surface area contributed by atoms with Crippen LogP contribution in [0.3, 0.4) is 0 Å². The summed E-state index contributed by atoms with van der Waals surface area (Å²) in [7, 11) is 0. The maximum atomic E-state index is 14.2. The summed E-state index contributed by atoms with van der Waals surface area (Å²) in [4.78, 5) is 13.4. The highest BCUT2D eigenvalue weighted by molar-refractivity contribution is 5.60. The van der Waals surface area contributed by atoms with E-state index in [0.717, 1.165) is 36.2 Å². The molecule has 0 saturated carbocycles. The molecule has 3 aromatic heterocycles. The summed E-state index contributed by atoms with van der Waals surface area (Å²) < 4.78 is 19.7. The minimum absolute atomic E-state index is 0.0721. The molecule has 4 aromatic rings. The zero-order valence-corrected chi connectivity index (χ0v) is 17.8. The zero-order chi connectivity index (χ0) is 22.3. The Hall–Kier alpha value is -3.52. The van der Waals surface area contributed by atoms with E-state index in [1.807, 2.05) is 6.07 Å². The van der Waals surface area contributed by atoms with E-state index >= 15 is 0 Å². The molecule has 0 fully saturated rings. The van der Waals surface area contributed by atoms with E-state index in [2.05, 4.69) is 20.2 Å². The molecule has 3 heterocycles. The van der Waals surface area contributed by atoms with Crippen LogP contribution in [-0.4, -0.2) is 30.3 Å². The first kappa shape index (κ1) is 20.4. The summed E-state index contributed by atoms with van der Waals surface area (Å²) in [6, 6.07) is 8.50. The van der Waals surface area contributed by atoms with Gasteiger partial charge in [0.2, 0.25) is 5.89 Å². The van der Waals surface area contributed by atoms with Crippen molar-refractivity contribution in [2.75, 3.05) is 0 Å². The first-order valence-electron chi connectivity index (χ1n) is 10.5. The molecule has 0 amide bonds. The molecule has 7 nitrogen and oxygen atoms in total. The highest BCUT2D eigenvalue weighted by Crippen LogP contribution is 2.36. The third-order valence-electron chi connectivity index (χ3n) is 5.68. The first-order valence-corrected chi connectivity index (χ1v) is 10.5. The molecule has 1 unspecified atom stereocenters. The zero-order valence-electron chi connectivity index (χ0n) is 17.8. The largest absolute Gasteiger partial charge is 0.443 e. The Kier molecular flexibility index (Phi) is 5.01. The quantitative estimate of drug-likeness (QED) is 0.511. The second kappa shape index (κ2) is 7.87. The van der Waals surface area contributed by atoms with E-state index in [0.29, 0.717) is 28.5 Å². The average molecular weight is 431 g/mol. The Morgan fingerprint density at radius 3 is 2.72 bits per heavy atom. The molecule has 32 heavy (non-hydrogen) atoms. The molecule has 0 radical (unpaired) electrons. The highest BCUT2D eigenvalue weighted by atomic mass is 19.1. The van der Waals surface area contributed by atoms with Gasteiger partial charge < -0.3 is 9.52 Å². The van der Waals surface area contributed by atoms with Gasteiger partial charge in [0.1, 0.15) is 29.1 Å². The molecule has 0 bridgehead atoms. The molecule has 1 aliphatic rings. The number of hydrogen-bond donors (Lipinski definition) is 1. The molecule has 1 aliphatic carbocycles. The Morgan fingerprint density at radius 2 is 1.94 bits per heavy atom. The third-order valence-corrected chi connectivity index (χ3v) is 5.68. The summed E-state index contributed by atoms with van der Waals surface area (Å²) in [6.45, 7) is 3.29. The van der Waals surface area contributed by atoms with Gasteiger partial charge in [0, 0.05) is 17.7 Å². The van der Waals surface area contributed by atoms with Gasteiger partial charge in [-0.1, -0.05) is 12.1 Å². The Morgan fingerprint density at radius 1 is 1.09 bits per heavy atom. The number of halogens is 1. The van der Waals surface area contributed by atoms with Crippen molar-refractivity contribution < 1.29 is 13.9 Å². The SMILES string of the molecule is CC(C)(O)c1coc(-c2cncc(C3CCCc4cc(-c5ccccc5F)nnc43)n2)n1. The lowest BCUT2D eigenvalue weighted by Gasteiger charge is -2.23. The third kappa shape index (κ3) is 3.78. The molecular formula is C24H22FN5O2. The lowest BCUT2D eigenvalue weighted by molar-refractivity contribution is 0.0738. The number of rotatable bonds is 4. The molecule has 1 N–H and O–H groups in total. The minimum atomic E-state index is -1.11. The number of hydrogen-bond acceptors (Lipinski definition) is 7. The van der Waals surface area contributed by atoms with Gasteiger partial charge in [-0.2, -0.15) is 10.2 Å². The van der Waals surface area contributed by atoms with Crippen LogP contribution in [-0.2, 0) is 12.0 Å². The van der Waals surface area contributed by atoms with Gasteiger partial charge in [-0.25, -0.2) is 14.4 Å². The average Bonchev–Trinajstić information content (AvgIpc) is 3.30. The lowest BCUT2D eigenvalue weighted by atomic mass is 9.84. The summed E-state index contributed by atoms with van der Waals surface area (Å²) in [5, 5.41) is 18.9. The molecule has 8 heteroatoms. The van der Waals surface area contributed by atoms with Crippen LogP contribution >= 0.6 is 0 Å². The van der Waals surface area contributed by atoms with Gasteiger partial charge in [-0.05, 0) is 56.9 Å². The maximum absolute atomic E-state index is 14.2. The summed E-state index contributed by atoms with van der Waals surface area (Å²) in [6.07, 6.45) is 7.39. The van der Waals surface area contributed by atoms with Crippen LogP contribution in [0.5, 0.6) is 0 Å². The van der Waals surface area contributed by atoms with Crippen LogP contribution in [0.2, 0.25) is 0 Å². The number of aryl methyl sites for hydroxylation is 1. The van der Waals surface area contributed by atoms with Gasteiger partial charge >= 0.3 is 0 Å². The minimum Gasteiger partial charge on any atom is -0.443 e. The molecule has 162 valence electrons. The van der Waals surface area contributed by atoms with Crippen molar-refractivity contribution in [3.8, 4) is 22.8 Å². The topological polar surface area (TPSA) is 97.8 Å². The van der Waals surface area contributed by atoms with Gasteiger partial charge in [-0.15, -0.1) is 0 Å². The van der Waals surface area contributed by atoms with Gasteiger partial charge in [0.05, 0.1) is 23.3 Å². The Balaban J connectivity index is 1.49. The van der Waals surface area contributed by atoms with Crippen molar-refractivity contribution in [1.29, 1.82) is 0 Å². The van der Waals surface area contributed by atoms with E-state index in [1.54, 1.807) is 44.4 Å². The maximum Gasteiger partial charge on any atom is 0.247 e. The van der Waals surface area contributed by atoms with Gasteiger partial charge in [0.25, 0.3) is 0 Å². The molecule has 1 atom stereocenters. The van der Waals surface area contributed by atoms with Crippen molar-refractivity contribution in [3.63, 3.8) is 0 Å². The van der Waals surface area contributed by atoms with Crippen LogP contribution in [0.4, 0.5) is 4.39 Å². The van der Waals surface area contributed by atoms with Crippen LogP contribution in [0.15, 0.2) is 53.4 Å². The molecule has 5 rings (SSSR count). The van der Waals surface area contributed by atoms with Gasteiger partial charge in [0.15, 0.2) is 0 Å². The molecule has 0 aliphatic heterocycles. The van der Waals surface area contributed by atoms with Crippen molar-refractivity contribution in [2.45, 2.75) is 44.6 Å². The van der Waals surface area contributed by atoms with E-state index in [4.69, 9.17) is 9.40 Å². The predicted octanol–water partition coefficient (Wildman–Crippen LogP) is 4.42. The van der Waals surface area contributed by atoms with Crippen LogP contribution in [0.1, 0.15) is 55.3 Å². The van der Waals surface area contributed by atoms with Crippen molar-refractivity contribution in [1.82, 2.24) is 25.1 Å². The van der Waals surface area contributed by atoms with E-state index in [9.17, 15) is 9.50 Å². The van der Waals surface area contributed by atoms with E-state index < -0.39 is 5.60 Å². The van der Waals surface area contributed by atoms with Crippen LogP contribution < -0.4 is 0 Å². The number of fused-ring (bicyclic) bond motifs is 1. The fourth-order valence-electron chi connectivity index (χ4n) is 3.98. The number of aliphatic hydroxyl groups is 1. The van der Waals surface area contributed by atoms with E-state index in [1.165, 1.54) is 12.3 Å². The molecular weight excluding hydrogens is 409 g/mol. The molecule has 0 saturated heterocycles. The number of oxazole rings is 1. The van der Waals surface area contributed by atoms with E-state index in [-0.39, 0.29) is 11.7 Å².